The van der Waals surface area contributed by atoms with Gasteiger partial charge in [0.05, 0.1) is 6.61 Å². The molecule has 150 valence electrons. The molecule has 7 nitrogen and oxygen atoms in total. The fourth-order valence-electron chi connectivity index (χ4n) is 2.61. The summed E-state index contributed by atoms with van der Waals surface area (Å²) in [4.78, 5) is 25.5. The van der Waals surface area contributed by atoms with E-state index in [4.69, 9.17) is 14.0 Å². The molecular weight excluding hydrogens is 369 g/mol. The highest BCUT2D eigenvalue weighted by atomic mass is 31.2. The van der Waals surface area contributed by atoms with E-state index in [1.807, 2.05) is 30.3 Å². The minimum absolute atomic E-state index is 0.113. The lowest BCUT2D eigenvalue weighted by molar-refractivity contribution is -0.139. The highest BCUT2D eigenvalue weighted by Crippen LogP contribution is 2.44. The molecule has 2 atom stereocenters. The molecule has 0 radical (unpaired) electrons. The second-order valence-electron chi connectivity index (χ2n) is 7.16. The van der Waals surface area contributed by atoms with Gasteiger partial charge in [0.2, 0.25) is 0 Å². The zero-order chi connectivity index (χ0) is 19.9. The lowest BCUT2D eigenvalue weighted by Gasteiger charge is -2.21. The molecule has 2 rings (SSSR count). The number of esters is 1. The molecule has 2 unspecified atom stereocenters. The third-order valence-electron chi connectivity index (χ3n) is 4.30. The fraction of sp³-hybridized carbons (Fsp3) is 0.579. The van der Waals surface area contributed by atoms with E-state index in [9.17, 15) is 14.2 Å². The van der Waals surface area contributed by atoms with Gasteiger partial charge < -0.3 is 14.0 Å². The minimum atomic E-state index is -2.83. The number of ether oxygens (including phenoxy) is 2. The van der Waals surface area contributed by atoms with Crippen LogP contribution in [-0.4, -0.2) is 49.2 Å². The van der Waals surface area contributed by atoms with Crippen LogP contribution in [0.3, 0.4) is 0 Å². The van der Waals surface area contributed by atoms with E-state index in [2.05, 4.69) is 13.8 Å². The van der Waals surface area contributed by atoms with Gasteiger partial charge in [0.15, 0.2) is 14.1 Å². The number of rotatable bonds is 9. The van der Waals surface area contributed by atoms with Crippen molar-refractivity contribution in [3.8, 4) is 0 Å². The molecule has 1 amide bonds. The van der Waals surface area contributed by atoms with Gasteiger partial charge >= 0.3 is 12.1 Å². The first-order chi connectivity index (χ1) is 12.8. The Balaban J connectivity index is 1.85. The van der Waals surface area contributed by atoms with Gasteiger partial charge in [-0.2, -0.15) is 0 Å². The third-order valence-corrected chi connectivity index (χ3v) is 6.10. The molecule has 1 aromatic carbocycles. The van der Waals surface area contributed by atoms with Crippen molar-refractivity contribution < 1.29 is 28.2 Å². The third kappa shape index (κ3) is 7.00. The van der Waals surface area contributed by atoms with Crippen LogP contribution in [0.15, 0.2) is 30.3 Å². The smallest absolute Gasteiger partial charge is 0.413 e. The SMILES string of the molecule is CC(C)CCOP(C)(=O)CCC1C(=O)OCN1C(=O)OCc1ccccc1. The molecular formula is C19H28NO6P. The summed E-state index contributed by atoms with van der Waals surface area (Å²) < 4.78 is 28.3. The van der Waals surface area contributed by atoms with Gasteiger partial charge in [-0.3, -0.25) is 9.46 Å². The quantitative estimate of drug-likeness (QED) is 0.465. The van der Waals surface area contributed by atoms with E-state index in [-0.39, 0.29) is 25.9 Å². The zero-order valence-electron chi connectivity index (χ0n) is 16.1. The highest BCUT2D eigenvalue weighted by Gasteiger charge is 2.39. The maximum absolute atomic E-state index is 12.5. The molecule has 1 heterocycles. The number of amides is 1. The maximum atomic E-state index is 12.5. The van der Waals surface area contributed by atoms with E-state index in [1.165, 1.54) is 4.90 Å². The Morgan fingerprint density at radius 2 is 2.04 bits per heavy atom. The van der Waals surface area contributed by atoms with Crippen LogP contribution in [-0.2, 0) is 30.0 Å². The molecule has 1 aromatic rings. The number of benzene rings is 1. The monoisotopic (exact) mass is 397 g/mol. The lowest BCUT2D eigenvalue weighted by Crippen LogP contribution is -2.39. The molecule has 0 aliphatic carbocycles. The van der Waals surface area contributed by atoms with E-state index in [0.717, 1.165) is 12.0 Å². The number of hydrogen-bond acceptors (Lipinski definition) is 6. The van der Waals surface area contributed by atoms with Crippen molar-refractivity contribution in [1.82, 2.24) is 4.90 Å². The normalized spacial score (nSPS) is 19.0. The van der Waals surface area contributed by atoms with Crippen molar-refractivity contribution in [2.75, 3.05) is 26.2 Å². The standard InChI is InChI=1S/C19H28NO6P/c1-15(2)9-11-26-27(3,23)12-10-17-18(21)25-14-20(17)19(22)24-13-16-7-5-4-6-8-16/h4-8,15,17H,9-14H2,1-3H3. The molecule has 0 N–H and O–H groups in total. The predicted octanol–water partition coefficient (Wildman–Crippen LogP) is 3.87. The molecule has 0 bridgehead atoms. The molecule has 1 saturated heterocycles. The molecule has 0 aromatic heterocycles. The van der Waals surface area contributed by atoms with Crippen molar-refractivity contribution >= 4 is 19.4 Å². The van der Waals surface area contributed by atoms with Crippen LogP contribution in [0.4, 0.5) is 4.79 Å². The topological polar surface area (TPSA) is 82.1 Å². The van der Waals surface area contributed by atoms with Crippen molar-refractivity contribution in [1.29, 1.82) is 0 Å². The van der Waals surface area contributed by atoms with Crippen LogP contribution >= 0.6 is 7.37 Å². The van der Waals surface area contributed by atoms with Crippen LogP contribution in [0.2, 0.25) is 0 Å². The highest BCUT2D eigenvalue weighted by molar-refractivity contribution is 7.58. The summed E-state index contributed by atoms with van der Waals surface area (Å²) in [5.74, 6) is -0.0430. The van der Waals surface area contributed by atoms with Crippen molar-refractivity contribution in [2.24, 2.45) is 5.92 Å². The Kier molecular flexibility index (Phi) is 7.87. The second-order valence-corrected chi connectivity index (χ2v) is 9.89. The molecule has 1 aliphatic heterocycles. The summed E-state index contributed by atoms with van der Waals surface area (Å²) >= 11 is 0. The van der Waals surface area contributed by atoms with E-state index < -0.39 is 25.5 Å². The average molecular weight is 397 g/mol. The summed E-state index contributed by atoms with van der Waals surface area (Å²) in [6.07, 6.45) is 0.616. The van der Waals surface area contributed by atoms with Gasteiger partial charge in [0, 0.05) is 12.8 Å². The number of nitrogens with zero attached hydrogens (tertiary/aromatic N) is 1. The summed E-state index contributed by atoms with van der Waals surface area (Å²) in [6.45, 7) is 6.07. The van der Waals surface area contributed by atoms with Crippen LogP contribution in [0.5, 0.6) is 0 Å². The summed E-state index contributed by atoms with van der Waals surface area (Å²) in [5, 5.41) is 0. The predicted molar refractivity (Wildman–Crippen MR) is 102 cm³/mol. The van der Waals surface area contributed by atoms with Crippen LogP contribution in [0.1, 0.15) is 32.3 Å². The molecule has 0 saturated carbocycles. The Morgan fingerprint density at radius 1 is 1.33 bits per heavy atom. The number of carbonyl (C=O) groups is 2. The van der Waals surface area contributed by atoms with Crippen molar-refractivity contribution in [3.63, 3.8) is 0 Å². The maximum Gasteiger partial charge on any atom is 0.413 e. The molecule has 1 fully saturated rings. The summed E-state index contributed by atoms with van der Waals surface area (Å²) in [7, 11) is -2.83. The number of carbonyl (C=O) groups excluding carboxylic acids is 2. The Hall–Kier alpha value is -1.85. The van der Waals surface area contributed by atoms with Crippen molar-refractivity contribution in [2.45, 2.75) is 39.3 Å². The summed E-state index contributed by atoms with van der Waals surface area (Å²) in [5.41, 5.74) is 0.852. The molecule has 27 heavy (non-hydrogen) atoms. The van der Waals surface area contributed by atoms with E-state index in [1.54, 1.807) is 6.66 Å². The van der Waals surface area contributed by atoms with Gasteiger partial charge in [-0.15, -0.1) is 0 Å². The second kappa shape index (κ2) is 9.90. The Bertz CT molecular complexity index is 678. The van der Waals surface area contributed by atoms with Gasteiger partial charge in [-0.05, 0) is 24.3 Å². The van der Waals surface area contributed by atoms with Gasteiger partial charge in [-0.1, -0.05) is 44.2 Å². The van der Waals surface area contributed by atoms with Crippen LogP contribution in [0.25, 0.3) is 0 Å². The molecule has 0 spiro atoms. The van der Waals surface area contributed by atoms with Crippen LogP contribution < -0.4 is 0 Å². The molecule has 8 heteroatoms. The minimum Gasteiger partial charge on any atom is -0.444 e. The Morgan fingerprint density at radius 3 is 2.70 bits per heavy atom. The average Bonchev–Trinajstić information content (AvgIpc) is 2.99. The van der Waals surface area contributed by atoms with Gasteiger partial charge in [-0.25, -0.2) is 9.59 Å². The van der Waals surface area contributed by atoms with Gasteiger partial charge in [0.25, 0.3) is 0 Å². The number of hydrogen-bond donors (Lipinski definition) is 0. The van der Waals surface area contributed by atoms with Gasteiger partial charge in [0.1, 0.15) is 12.6 Å². The molecule has 1 aliphatic rings. The zero-order valence-corrected chi connectivity index (χ0v) is 17.0. The number of cyclic esters (lactones) is 1. The largest absolute Gasteiger partial charge is 0.444 e. The Labute approximate surface area is 160 Å². The van der Waals surface area contributed by atoms with Crippen molar-refractivity contribution in [3.05, 3.63) is 35.9 Å². The lowest BCUT2D eigenvalue weighted by atomic mass is 10.2. The summed E-state index contributed by atoms with van der Waals surface area (Å²) in [6, 6.07) is 8.48. The van der Waals surface area contributed by atoms with E-state index >= 15 is 0 Å². The first-order valence-electron chi connectivity index (χ1n) is 9.13. The fourth-order valence-corrected chi connectivity index (χ4v) is 3.94. The first kappa shape index (κ1) is 21.5. The van der Waals surface area contributed by atoms with Crippen LogP contribution in [0, 0.1) is 5.92 Å². The van der Waals surface area contributed by atoms with E-state index in [0.29, 0.717) is 12.5 Å². The first-order valence-corrected chi connectivity index (χ1v) is 11.4.